The van der Waals surface area contributed by atoms with Crippen LogP contribution in [0.3, 0.4) is 0 Å². The molecule has 1 amide bonds. The number of amides is 1. The van der Waals surface area contributed by atoms with Crippen LogP contribution in [0.1, 0.15) is 33.6 Å². The number of hydrogen-bond acceptors (Lipinski definition) is 5. The summed E-state index contributed by atoms with van der Waals surface area (Å²) in [7, 11) is 1.62. The van der Waals surface area contributed by atoms with E-state index in [0.717, 1.165) is 31.6 Å². The zero-order chi connectivity index (χ0) is 17.2. The molecule has 128 valence electrons. The number of piperidine rings is 1. The summed E-state index contributed by atoms with van der Waals surface area (Å²) in [5.41, 5.74) is 0.145. The fourth-order valence-electron chi connectivity index (χ4n) is 2.46. The van der Waals surface area contributed by atoms with E-state index in [2.05, 4.69) is 31.2 Å². The third kappa shape index (κ3) is 4.70. The van der Waals surface area contributed by atoms with Crippen molar-refractivity contribution in [2.75, 3.05) is 18.0 Å². The summed E-state index contributed by atoms with van der Waals surface area (Å²) < 4.78 is 7.09. The average Bonchev–Trinajstić information content (AvgIpc) is 2.44. The van der Waals surface area contributed by atoms with Crippen molar-refractivity contribution in [3.63, 3.8) is 0 Å². The molecule has 23 heavy (non-hydrogen) atoms. The topological polar surface area (TPSA) is 76.5 Å². The second-order valence-corrected chi connectivity index (χ2v) is 7.47. The summed E-state index contributed by atoms with van der Waals surface area (Å²) in [6, 6.07) is 0.0828. The fourth-order valence-corrected chi connectivity index (χ4v) is 3.07. The van der Waals surface area contributed by atoms with Crippen LogP contribution in [0.4, 0.5) is 10.5 Å². The maximum atomic E-state index is 11.9. The molecule has 2 heterocycles. The largest absolute Gasteiger partial charge is 0.444 e. The molecule has 1 N–H and O–H groups in total. The molecule has 0 aromatic carbocycles. The molecule has 1 aliphatic heterocycles. The number of rotatable bonds is 2. The molecule has 0 saturated carbocycles. The lowest BCUT2D eigenvalue weighted by atomic mass is 10.0. The highest BCUT2D eigenvalue weighted by atomic mass is 79.9. The minimum absolute atomic E-state index is 0.0828. The van der Waals surface area contributed by atoms with E-state index in [1.807, 2.05) is 20.8 Å². The molecule has 0 bridgehead atoms. The van der Waals surface area contributed by atoms with Gasteiger partial charge in [-0.15, -0.1) is 0 Å². The van der Waals surface area contributed by atoms with Crippen LogP contribution in [-0.2, 0) is 11.8 Å². The van der Waals surface area contributed by atoms with E-state index in [1.54, 1.807) is 13.2 Å². The molecular weight excluding hydrogens is 364 g/mol. The van der Waals surface area contributed by atoms with Crippen LogP contribution in [0, 0.1) is 0 Å². The monoisotopic (exact) mass is 386 g/mol. The smallest absolute Gasteiger partial charge is 0.407 e. The number of alkyl carbamates (subject to hydrolysis) is 1. The van der Waals surface area contributed by atoms with Gasteiger partial charge in [-0.2, -0.15) is 5.10 Å². The Hall–Kier alpha value is -1.57. The average molecular weight is 387 g/mol. The van der Waals surface area contributed by atoms with E-state index in [4.69, 9.17) is 4.74 Å². The molecule has 7 nitrogen and oxygen atoms in total. The van der Waals surface area contributed by atoms with Crippen molar-refractivity contribution in [2.24, 2.45) is 7.05 Å². The summed E-state index contributed by atoms with van der Waals surface area (Å²) in [5, 5.41) is 6.97. The van der Waals surface area contributed by atoms with Gasteiger partial charge in [0.2, 0.25) is 0 Å². The Morgan fingerprint density at radius 3 is 2.57 bits per heavy atom. The minimum Gasteiger partial charge on any atom is -0.444 e. The normalized spacial score (nSPS) is 16.3. The Labute approximate surface area is 144 Å². The molecule has 0 unspecified atom stereocenters. The van der Waals surface area contributed by atoms with Crippen molar-refractivity contribution in [1.82, 2.24) is 15.1 Å². The van der Waals surface area contributed by atoms with Gasteiger partial charge in [0.1, 0.15) is 10.1 Å². The highest BCUT2D eigenvalue weighted by Gasteiger charge is 2.25. The van der Waals surface area contributed by atoms with Crippen molar-refractivity contribution in [2.45, 2.75) is 45.3 Å². The number of nitrogens with zero attached hydrogens (tertiary/aromatic N) is 3. The number of aromatic nitrogens is 2. The van der Waals surface area contributed by atoms with Gasteiger partial charge in [0.25, 0.3) is 5.56 Å². The molecule has 8 heteroatoms. The van der Waals surface area contributed by atoms with E-state index in [0.29, 0.717) is 4.47 Å². The van der Waals surface area contributed by atoms with Gasteiger partial charge in [-0.3, -0.25) is 4.79 Å². The number of hydrogen-bond donors (Lipinski definition) is 1. The first-order valence-corrected chi connectivity index (χ1v) is 8.43. The quantitative estimate of drug-likeness (QED) is 0.841. The van der Waals surface area contributed by atoms with E-state index in [9.17, 15) is 9.59 Å². The summed E-state index contributed by atoms with van der Waals surface area (Å²) in [4.78, 5) is 25.8. The lowest BCUT2D eigenvalue weighted by Crippen LogP contribution is -2.46. The number of carbonyl (C=O) groups excluding carboxylic acids is 1. The fraction of sp³-hybridized carbons (Fsp3) is 0.667. The lowest BCUT2D eigenvalue weighted by molar-refractivity contribution is 0.0497. The number of ether oxygens (including phenoxy) is 1. The van der Waals surface area contributed by atoms with Crippen molar-refractivity contribution in [3.05, 3.63) is 21.0 Å². The first-order chi connectivity index (χ1) is 10.7. The number of anilines is 1. The second-order valence-electron chi connectivity index (χ2n) is 6.68. The third-order valence-electron chi connectivity index (χ3n) is 3.62. The Balaban J connectivity index is 1.93. The van der Waals surface area contributed by atoms with E-state index < -0.39 is 5.60 Å². The van der Waals surface area contributed by atoms with Gasteiger partial charge >= 0.3 is 6.09 Å². The van der Waals surface area contributed by atoms with Gasteiger partial charge in [0, 0.05) is 26.2 Å². The van der Waals surface area contributed by atoms with Crippen molar-refractivity contribution in [1.29, 1.82) is 0 Å². The molecule has 0 spiro atoms. The molecule has 0 radical (unpaired) electrons. The minimum atomic E-state index is -0.495. The van der Waals surface area contributed by atoms with E-state index in [1.165, 1.54) is 4.68 Å². The number of nitrogens with one attached hydrogen (secondary N) is 1. The molecule has 0 aliphatic carbocycles. The summed E-state index contributed by atoms with van der Waals surface area (Å²) >= 11 is 3.35. The van der Waals surface area contributed by atoms with Crippen LogP contribution in [0.25, 0.3) is 0 Å². The SMILES string of the molecule is Cn1ncc(N2CCC(NC(=O)OC(C)(C)C)CC2)c(Br)c1=O. The zero-order valence-electron chi connectivity index (χ0n) is 13.9. The maximum absolute atomic E-state index is 11.9. The molecule has 1 aromatic heterocycles. The van der Waals surface area contributed by atoms with Crippen LogP contribution in [0.5, 0.6) is 0 Å². The van der Waals surface area contributed by atoms with Crippen LogP contribution in [-0.4, -0.2) is 40.6 Å². The Morgan fingerprint density at radius 2 is 2.00 bits per heavy atom. The van der Waals surface area contributed by atoms with E-state index in [-0.39, 0.29) is 17.7 Å². The van der Waals surface area contributed by atoms with Gasteiger partial charge in [0.15, 0.2) is 0 Å². The van der Waals surface area contributed by atoms with Gasteiger partial charge in [-0.1, -0.05) is 0 Å². The van der Waals surface area contributed by atoms with Crippen LogP contribution in [0.15, 0.2) is 15.5 Å². The highest BCUT2D eigenvalue weighted by molar-refractivity contribution is 9.10. The van der Waals surface area contributed by atoms with Crippen molar-refractivity contribution < 1.29 is 9.53 Å². The van der Waals surface area contributed by atoms with Crippen LogP contribution >= 0.6 is 15.9 Å². The summed E-state index contributed by atoms with van der Waals surface area (Å²) in [6.45, 7) is 7.02. The summed E-state index contributed by atoms with van der Waals surface area (Å²) in [5.74, 6) is 0. The molecule has 0 atom stereocenters. The van der Waals surface area contributed by atoms with Crippen molar-refractivity contribution >= 4 is 27.7 Å². The first-order valence-electron chi connectivity index (χ1n) is 7.63. The van der Waals surface area contributed by atoms with Crippen LogP contribution in [0.2, 0.25) is 0 Å². The number of carbonyl (C=O) groups is 1. The number of aryl methyl sites for hydroxylation is 1. The maximum Gasteiger partial charge on any atom is 0.407 e. The van der Waals surface area contributed by atoms with Crippen LogP contribution < -0.4 is 15.8 Å². The second kappa shape index (κ2) is 6.90. The Bertz CT molecular complexity index is 631. The molecule has 1 aliphatic rings. The predicted molar refractivity (Wildman–Crippen MR) is 91.8 cm³/mol. The third-order valence-corrected chi connectivity index (χ3v) is 4.36. The van der Waals surface area contributed by atoms with Gasteiger partial charge in [0.05, 0.1) is 11.9 Å². The van der Waals surface area contributed by atoms with Gasteiger partial charge < -0.3 is 15.0 Å². The lowest BCUT2D eigenvalue weighted by Gasteiger charge is -2.34. The van der Waals surface area contributed by atoms with Gasteiger partial charge in [-0.25, -0.2) is 9.48 Å². The Morgan fingerprint density at radius 1 is 1.39 bits per heavy atom. The molecule has 1 aromatic rings. The molecule has 1 saturated heterocycles. The van der Waals surface area contributed by atoms with Gasteiger partial charge in [-0.05, 0) is 49.5 Å². The molecular formula is C15H23BrN4O3. The predicted octanol–water partition coefficient (Wildman–Crippen LogP) is 2.04. The van der Waals surface area contributed by atoms with E-state index >= 15 is 0 Å². The van der Waals surface area contributed by atoms with Crippen molar-refractivity contribution in [3.8, 4) is 0 Å². The standard InChI is InChI=1S/C15H23BrN4O3/c1-15(2,3)23-14(22)18-10-5-7-20(8-6-10)11-9-17-19(4)13(21)12(11)16/h9-10H,5-8H2,1-4H3,(H,18,22). The summed E-state index contributed by atoms with van der Waals surface area (Å²) in [6.07, 6.45) is 2.89. The number of halogens is 1. The highest BCUT2D eigenvalue weighted by Crippen LogP contribution is 2.25. The molecule has 1 fully saturated rings. The first kappa shape index (κ1) is 17.8. The Kier molecular flexibility index (Phi) is 5.33. The molecule has 2 rings (SSSR count). The zero-order valence-corrected chi connectivity index (χ0v) is 15.5.